The van der Waals surface area contributed by atoms with Crippen LogP contribution < -0.4 is 41.3 Å². The standard InChI is InChI=1S/C49H52O4P2/c1-35(2)41-29-19-31-45(54(37-21-11-7-12-22-37)38-23-13-8-14-24-38)47(41)50-33-43-44(53-49(5,6)52-43)34-51-48-42(36(3)4)30-20-32-46(48)55(39-25-15-9-16-26-39)40-27-17-10-18-28-40/h7-32,35-36,43-44H,33-34H2,1-6H3/t43-,44-/m0/s1. The second kappa shape index (κ2) is 17.7. The summed E-state index contributed by atoms with van der Waals surface area (Å²) in [5.74, 6) is 1.63. The third kappa shape index (κ3) is 9.06. The maximum Gasteiger partial charge on any atom is 0.164 e. The van der Waals surface area contributed by atoms with Crippen molar-refractivity contribution >= 4 is 47.7 Å². The van der Waals surface area contributed by atoms with E-state index in [1.54, 1.807) is 0 Å². The number of benzene rings is 6. The summed E-state index contributed by atoms with van der Waals surface area (Å²) in [5, 5.41) is 7.55. The molecule has 6 heteroatoms. The largest absolute Gasteiger partial charge is 0.490 e. The van der Waals surface area contributed by atoms with Crippen LogP contribution in [-0.4, -0.2) is 31.2 Å². The van der Waals surface area contributed by atoms with Crippen molar-refractivity contribution in [3.05, 3.63) is 169 Å². The van der Waals surface area contributed by atoms with Crippen molar-refractivity contribution in [2.75, 3.05) is 13.2 Å². The highest BCUT2D eigenvalue weighted by Gasteiger charge is 2.43. The van der Waals surface area contributed by atoms with Crippen LogP contribution in [0.1, 0.15) is 64.5 Å². The first-order valence-electron chi connectivity index (χ1n) is 19.4. The number of rotatable bonds is 14. The summed E-state index contributed by atoms with van der Waals surface area (Å²) >= 11 is 0. The van der Waals surface area contributed by atoms with Crippen molar-refractivity contribution in [3.8, 4) is 11.5 Å². The van der Waals surface area contributed by atoms with Gasteiger partial charge >= 0.3 is 0 Å². The highest BCUT2D eigenvalue weighted by molar-refractivity contribution is 7.80. The zero-order valence-electron chi connectivity index (χ0n) is 32.8. The van der Waals surface area contributed by atoms with Gasteiger partial charge < -0.3 is 18.9 Å². The third-order valence-corrected chi connectivity index (χ3v) is 14.8. The molecule has 0 unspecified atom stereocenters. The molecule has 7 rings (SSSR count). The molecule has 1 aliphatic rings. The van der Waals surface area contributed by atoms with Crippen molar-refractivity contribution < 1.29 is 18.9 Å². The topological polar surface area (TPSA) is 36.9 Å². The highest BCUT2D eigenvalue weighted by atomic mass is 31.1. The van der Waals surface area contributed by atoms with Crippen molar-refractivity contribution in [2.45, 2.75) is 71.4 Å². The number of hydrogen-bond donors (Lipinski definition) is 0. The molecule has 0 amide bonds. The Morgan fingerprint density at radius 3 is 1.05 bits per heavy atom. The van der Waals surface area contributed by atoms with Gasteiger partial charge in [-0.15, -0.1) is 0 Å². The van der Waals surface area contributed by atoms with Crippen LogP contribution in [0.5, 0.6) is 11.5 Å². The molecular weight excluding hydrogens is 714 g/mol. The minimum absolute atomic E-state index is 0.268. The zero-order chi connectivity index (χ0) is 38.4. The van der Waals surface area contributed by atoms with E-state index in [4.69, 9.17) is 18.9 Å². The molecule has 2 atom stereocenters. The number of para-hydroxylation sites is 2. The van der Waals surface area contributed by atoms with Gasteiger partial charge in [0.15, 0.2) is 5.79 Å². The van der Waals surface area contributed by atoms with Crippen LogP contribution in [0, 0.1) is 0 Å². The maximum absolute atomic E-state index is 7.01. The second-order valence-corrected chi connectivity index (χ2v) is 19.4. The lowest BCUT2D eigenvalue weighted by Gasteiger charge is -2.27. The van der Waals surface area contributed by atoms with Crippen LogP contribution in [-0.2, 0) is 9.47 Å². The van der Waals surface area contributed by atoms with E-state index >= 15 is 0 Å². The first kappa shape index (κ1) is 39.0. The molecule has 4 nitrogen and oxygen atoms in total. The molecule has 0 radical (unpaired) electrons. The van der Waals surface area contributed by atoms with Gasteiger partial charge in [0.2, 0.25) is 0 Å². The van der Waals surface area contributed by atoms with Crippen molar-refractivity contribution in [1.82, 2.24) is 0 Å². The van der Waals surface area contributed by atoms with Crippen LogP contribution >= 0.6 is 15.8 Å². The third-order valence-electron chi connectivity index (χ3n) is 9.90. The summed E-state index contributed by atoms with van der Waals surface area (Å²) in [4.78, 5) is 0. The highest BCUT2D eigenvalue weighted by Crippen LogP contribution is 2.42. The van der Waals surface area contributed by atoms with E-state index in [0.29, 0.717) is 13.2 Å². The Hall–Kier alpha value is -4.30. The van der Waals surface area contributed by atoms with Gasteiger partial charge in [0.05, 0.1) is 0 Å². The Bertz CT molecular complexity index is 1890. The summed E-state index contributed by atoms with van der Waals surface area (Å²) in [6.45, 7) is 13.6. The number of hydrogen-bond acceptors (Lipinski definition) is 4. The monoisotopic (exact) mass is 766 g/mol. The van der Waals surface area contributed by atoms with Gasteiger partial charge in [-0.25, -0.2) is 0 Å². The van der Waals surface area contributed by atoms with Gasteiger partial charge in [0.25, 0.3) is 0 Å². The van der Waals surface area contributed by atoms with Gasteiger partial charge in [-0.2, -0.15) is 0 Å². The average molecular weight is 767 g/mol. The lowest BCUT2D eigenvalue weighted by Crippen LogP contribution is -2.35. The molecule has 55 heavy (non-hydrogen) atoms. The Morgan fingerprint density at radius 2 is 0.764 bits per heavy atom. The zero-order valence-corrected chi connectivity index (χ0v) is 34.6. The van der Waals surface area contributed by atoms with E-state index in [2.05, 4.69) is 185 Å². The molecule has 0 aliphatic carbocycles. The second-order valence-electron chi connectivity index (χ2n) is 15.0. The Labute approximate surface area is 330 Å². The predicted molar refractivity (Wildman–Crippen MR) is 233 cm³/mol. The van der Waals surface area contributed by atoms with Crippen LogP contribution in [0.15, 0.2) is 158 Å². The Balaban J connectivity index is 1.21. The molecule has 0 aromatic heterocycles. The molecule has 0 bridgehead atoms. The number of ether oxygens (including phenoxy) is 4. The minimum Gasteiger partial charge on any atom is -0.490 e. The van der Waals surface area contributed by atoms with Crippen LogP contribution in [0.2, 0.25) is 0 Å². The average Bonchev–Trinajstić information content (AvgIpc) is 3.51. The van der Waals surface area contributed by atoms with E-state index in [0.717, 1.165) is 11.5 Å². The fourth-order valence-corrected chi connectivity index (χ4v) is 12.2. The van der Waals surface area contributed by atoms with E-state index in [9.17, 15) is 0 Å². The molecule has 6 aromatic rings. The molecule has 1 aliphatic heterocycles. The van der Waals surface area contributed by atoms with E-state index in [-0.39, 0.29) is 24.0 Å². The summed E-state index contributed by atoms with van der Waals surface area (Å²) in [7, 11) is -1.75. The smallest absolute Gasteiger partial charge is 0.164 e. The SMILES string of the molecule is CC(C)c1cccc(P(c2ccccc2)c2ccccc2)c1OC[C@@H]1OC(C)(C)O[C@H]1COc1c(C(C)C)cccc1P(c1ccccc1)c1ccccc1. The Kier molecular flexibility index (Phi) is 12.5. The minimum atomic E-state index is -0.877. The van der Waals surface area contributed by atoms with Crippen molar-refractivity contribution in [1.29, 1.82) is 0 Å². The Morgan fingerprint density at radius 1 is 0.455 bits per heavy atom. The molecule has 282 valence electrons. The quantitative estimate of drug-likeness (QED) is 0.104. The van der Waals surface area contributed by atoms with Crippen molar-refractivity contribution in [2.24, 2.45) is 0 Å². The predicted octanol–water partition coefficient (Wildman–Crippen LogP) is 9.43. The van der Waals surface area contributed by atoms with Gasteiger partial charge in [-0.1, -0.05) is 185 Å². The maximum atomic E-state index is 7.01. The molecule has 1 heterocycles. The van der Waals surface area contributed by atoms with Crippen molar-refractivity contribution in [3.63, 3.8) is 0 Å². The lowest BCUT2D eigenvalue weighted by molar-refractivity contribution is -0.150. The van der Waals surface area contributed by atoms with Crippen LogP contribution in [0.25, 0.3) is 0 Å². The molecule has 0 spiro atoms. The van der Waals surface area contributed by atoms with E-state index in [1.807, 2.05) is 13.8 Å². The first-order chi connectivity index (χ1) is 26.7. The molecule has 1 fully saturated rings. The van der Waals surface area contributed by atoms with Gasteiger partial charge in [0.1, 0.15) is 36.9 Å². The normalized spacial score (nSPS) is 16.6. The van der Waals surface area contributed by atoms with Gasteiger partial charge in [-0.05, 0) is 73.9 Å². The molecule has 6 aromatic carbocycles. The fourth-order valence-electron chi connectivity index (χ4n) is 7.35. The summed E-state index contributed by atoms with van der Waals surface area (Å²) in [6.07, 6.45) is -0.690. The molecular formula is C49H52O4P2. The summed E-state index contributed by atoms with van der Waals surface area (Å²) < 4.78 is 27.3. The first-order valence-corrected chi connectivity index (χ1v) is 22.1. The van der Waals surface area contributed by atoms with Crippen LogP contribution in [0.4, 0.5) is 0 Å². The van der Waals surface area contributed by atoms with Gasteiger partial charge in [0, 0.05) is 10.6 Å². The molecule has 0 N–H and O–H groups in total. The van der Waals surface area contributed by atoms with Gasteiger partial charge in [-0.3, -0.25) is 0 Å². The summed E-state index contributed by atoms with van der Waals surface area (Å²) in [6, 6.07) is 56.5. The molecule has 1 saturated heterocycles. The molecule has 0 saturated carbocycles. The fraction of sp³-hybridized carbons (Fsp3) is 0.265. The summed E-state index contributed by atoms with van der Waals surface area (Å²) in [5.41, 5.74) is 2.38. The van der Waals surface area contributed by atoms with E-state index in [1.165, 1.54) is 43.0 Å². The van der Waals surface area contributed by atoms with Crippen LogP contribution in [0.3, 0.4) is 0 Å². The van der Waals surface area contributed by atoms with E-state index < -0.39 is 21.6 Å². The lowest BCUT2D eigenvalue weighted by atomic mass is 10.0.